The second kappa shape index (κ2) is 5.57. The predicted octanol–water partition coefficient (Wildman–Crippen LogP) is 5.33. The molecule has 3 heterocycles. The van der Waals surface area contributed by atoms with E-state index in [0.717, 1.165) is 11.5 Å². The van der Waals surface area contributed by atoms with Crippen LogP contribution in [0.1, 0.15) is 43.3 Å². The van der Waals surface area contributed by atoms with Crippen molar-refractivity contribution in [3.8, 4) is 11.1 Å². The van der Waals surface area contributed by atoms with E-state index in [9.17, 15) is 0 Å². The molecule has 3 aromatic rings. The summed E-state index contributed by atoms with van der Waals surface area (Å²) in [4.78, 5) is 14.4. The fourth-order valence-corrected chi connectivity index (χ4v) is 4.93. The lowest BCUT2D eigenvalue weighted by Crippen LogP contribution is -2.37. The summed E-state index contributed by atoms with van der Waals surface area (Å²) >= 11 is 0. The van der Waals surface area contributed by atoms with Gasteiger partial charge in [-0.05, 0) is 55.7 Å². The molecule has 1 aromatic carbocycles. The first-order chi connectivity index (χ1) is 13.3. The summed E-state index contributed by atoms with van der Waals surface area (Å²) in [6.07, 6.45) is 2.09. The maximum atomic E-state index is 4.95. The molecular weight excluding hydrogens is 344 g/mol. The van der Waals surface area contributed by atoms with Crippen molar-refractivity contribution < 1.29 is 0 Å². The molecule has 4 nitrogen and oxygen atoms in total. The summed E-state index contributed by atoms with van der Waals surface area (Å²) in [6.45, 7) is 11.1. The third kappa shape index (κ3) is 2.06. The molecule has 1 aliphatic carbocycles. The molecule has 1 atom stereocenters. The lowest BCUT2D eigenvalue weighted by molar-refractivity contribution is 0.627. The van der Waals surface area contributed by atoms with Gasteiger partial charge in [-0.1, -0.05) is 32.0 Å². The van der Waals surface area contributed by atoms with Crippen molar-refractivity contribution in [1.29, 1.82) is 0 Å². The van der Waals surface area contributed by atoms with E-state index >= 15 is 0 Å². The molecule has 0 saturated heterocycles. The van der Waals surface area contributed by atoms with Crippen LogP contribution in [-0.4, -0.2) is 23.2 Å². The van der Waals surface area contributed by atoms with Crippen LogP contribution >= 0.6 is 0 Å². The molecule has 2 aliphatic rings. The van der Waals surface area contributed by atoms with E-state index in [1.165, 1.54) is 39.3 Å². The summed E-state index contributed by atoms with van der Waals surface area (Å²) in [7, 11) is 2.15. The van der Waals surface area contributed by atoms with Crippen LogP contribution in [0.15, 0.2) is 42.6 Å². The molecule has 0 fully saturated rings. The first-order valence-electron chi connectivity index (χ1n) is 9.92. The summed E-state index contributed by atoms with van der Waals surface area (Å²) in [5.74, 6) is 1.03. The number of rotatable bonds is 1. The number of benzene rings is 1. The van der Waals surface area contributed by atoms with Crippen LogP contribution in [0.25, 0.3) is 11.1 Å². The van der Waals surface area contributed by atoms with Gasteiger partial charge in [0.25, 0.3) is 0 Å². The third-order valence-electron chi connectivity index (χ3n) is 6.47. The molecule has 1 aliphatic heterocycles. The normalized spacial score (nSPS) is 18.9. The highest BCUT2D eigenvalue weighted by atomic mass is 15.4. The summed E-state index contributed by atoms with van der Waals surface area (Å²) < 4.78 is 0. The van der Waals surface area contributed by atoms with Crippen LogP contribution in [0.2, 0.25) is 0 Å². The van der Waals surface area contributed by atoms with Crippen LogP contribution in [-0.2, 0) is 5.41 Å². The highest BCUT2D eigenvalue weighted by molar-refractivity contribution is 5.91. The maximum Gasteiger partial charge on any atom is 0.158 e. The Bertz CT molecular complexity index is 1120. The topological polar surface area (TPSA) is 32.3 Å². The second-order valence-corrected chi connectivity index (χ2v) is 8.59. The summed E-state index contributed by atoms with van der Waals surface area (Å²) in [5, 5.41) is 0. The number of aryl methyl sites for hydroxylation is 2. The van der Waals surface area contributed by atoms with Crippen molar-refractivity contribution in [2.45, 2.75) is 46.2 Å². The number of hydrogen-bond donors (Lipinski definition) is 0. The van der Waals surface area contributed by atoms with Gasteiger partial charge in [-0.15, -0.1) is 0 Å². The first kappa shape index (κ1) is 17.2. The fourth-order valence-electron chi connectivity index (χ4n) is 4.93. The number of anilines is 3. The maximum absolute atomic E-state index is 4.95. The van der Waals surface area contributed by atoms with Gasteiger partial charge in [0.1, 0.15) is 6.17 Å². The zero-order chi connectivity index (χ0) is 19.8. The third-order valence-corrected chi connectivity index (χ3v) is 6.47. The second-order valence-electron chi connectivity index (χ2n) is 8.59. The van der Waals surface area contributed by atoms with Crippen LogP contribution < -0.4 is 9.80 Å². The summed E-state index contributed by atoms with van der Waals surface area (Å²) in [6, 6.07) is 13.0. The van der Waals surface area contributed by atoms with Gasteiger partial charge in [0.15, 0.2) is 5.82 Å². The van der Waals surface area contributed by atoms with Crippen LogP contribution in [0.5, 0.6) is 0 Å². The number of pyridine rings is 2. The Balaban J connectivity index is 1.82. The number of fused-ring (bicyclic) bond motifs is 4. The standard InChI is InChI=1S/C24H26N4/c1-14-9-11-17-18-12-10-15(2)26-22(18)24(4,5)20(17)21(14)28-16(3)27(6)19-8-7-13-25-23(19)28/h7-13,16H,1-6H3/t16-/m0/s1. The minimum absolute atomic E-state index is 0.159. The smallest absolute Gasteiger partial charge is 0.158 e. The van der Waals surface area contributed by atoms with E-state index in [1.807, 2.05) is 12.3 Å². The van der Waals surface area contributed by atoms with Gasteiger partial charge in [-0.25, -0.2) is 4.98 Å². The molecule has 0 unspecified atom stereocenters. The average molecular weight is 371 g/mol. The molecule has 142 valence electrons. The van der Waals surface area contributed by atoms with E-state index in [1.54, 1.807) is 0 Å². The van der Waals surface area contributed by atoms with Gasteiger partial charge in [0.2, 0.25) is 0 Å². The molecule has 0 spiro atoms. The van der Waals surface area contributed by atoms with E-state index in [-0.39, 0.29) is 11.6 Å². The minimum Gasteiger partial charge on any atom is -0.351 e. The molecule has 28 heavy (non-hydrogen) atoms. The van der Waals surface area contributed by atoms with Gasteiger partial charge < -0.3 is 9.80 Å². The van der Waals surface area contributed by atoms with Crippen molar-refractivity contribution >= 4 is 17.2 Å². The quantitative estimate of drug-likeness (QED) is 0.579. The van der Waals surface area contributed by atoms with Crippen LogP contribution in [0, 0.1) is 13.8 Å². The van der Waals surface area contributed by atoms with Crippen LogP contribution in [0.3, 0.4) is 0 Å². The SMILES string of the molecule is Cc1ccc2c(n1)C(C)(C)c1c-2ccc(C)c1N1c2ncccc2N(C)[C@@H]1C. The van der Waals surface area contributed by atoms with E-state index < -0.39 is 0 Å². The van der Waals surface area contributed by atoms with Gasteiger partial charge in [0.05, 0.1) is 17.1 Å². The Hall–Kier alpha value is -2.88. The molecule has 2 aromatic heterocycles. The predicted molar refractivity (Wildman–Crippen MR) is 116 cm³/mol. The highest BCUT2D eigenvalue weighted by Crippen LogP contribution is 2.55. The molecule has 0 amide bonds. The first-order valence-corrected chi connectivity index (χ1v) is 9.92. The van der Waals surface area contributed by atoms with Crippen molar-refractivity contribution in [1.82, 2.24) is 9.97 Å². The Morgan fingerprint density at radius 1 is 1.00 bits per heavy atom. The van der Waals surface area contributed by atoms with Crippen LogP contribution in [0.4, 0.5) is 17.2 Å². The molecule has 0 saturated carbocycles. The Labute approximate surface area is 166 Å². The lowest BCUT2D eigenvalue weighted by atomic mass is 9.82. The van der Waals surface area contributed by atoms with E-state index in [2.05, 4.69) is 81.8 Å². The molecular formula is C24H26N4. The van der Waals surface area contributed by atoms with Gasteiger partial charge in [-0.3, -0.25) is 4.98 Å². The summed E-state index contributed by atoms with van der Waals surface area (Å²) in [5.41, 5.74) is 9.72. The molecule has 4 heteroatoms. The zero-order valence-corrected chi connectivity index (χ0v) is 17.4. The van der Waals surface area contributed by atoms with Crippen molar-refractivity contribution in [2.75, 3.05) is 16.8 Å². The Morgan fingerprint density at radius 2 is 1.75 bits per heavy atom. The number of hydrogen-bond acceptors (Lipinski definition) is 4. The highest BCUT2D eigenvalue weighted by Gasteiger charge is 2.43. The lowest BCUT2D eigenvalue weighted by Gasteiger charge is -2.33. The van der Waals surface area contributed by atoms with Gasteiger partial charge in [0, 0.05) is 29.9 Å². The Kier molecular flexibility index (Phi) is 3.43. The zero-order valence-electron chi connectivity index (χ0n) is 17.4. The number of aromatic nitrogens is 2. The van der Waals surface area contributed by atoms with E-state index in [0.29, 0.717) is 0 Å². The van der Waals surface area contributed by atoms with Gasteiger partial charge >= 0.3 is 0 Å². The minimum atomic E-state index is -0.159. The van der Waals surface area contributed by atoms with Crippen molar-refractivity contribution in [2.24, 2.45) is 0 Å². The van der Waals surface area contributed by atoms with Crippen molar-refractivity contribution in [3.63, 3.8) is 0 Å². The fraction of sp³-hybridized carbons (Fsp3) is 0.333. The Morgan fingerprint density at radius 3 is 2.54 bits per heavy atom. The van der Waals surface area contributed by atoms with E-state index in [4.69, 9.17) is 9.97 Å². The largest absolute Gasteiger partial charge is 0.351 e. The average Bonchev–Trinajstić information content (AvgIpc) is 3.05. The monoisotopic (exact) mass is 370 g/mol. The molecule has 0 radical (unpaired) electrons. The number of nitrogens with zero attached hydrogens (tertiary/aromatic N) is 4. The molecule has 0 bridgehead atoms. The molecule has 0 N–H and O–H groups in total. The van der Waals surface area contributed by atoms with Crippen molar-refractivity contribution in [3.05, 3.63) is 65.1 Å². The van der Waals surface area contributed by atoms with Gasteiger partial charge in [-0.2, -0.15) is 0 Å². The molecule has 5 rings (SSSR count).